The number of nitrogens with two attached hydrogens (primary N) is 1. The number of aryl methyl sites for hydroxylation is 1. The molecule has 1 aromatic rings. The molecule has 1 rings (SSSR count). The van der Waals surface area contributed by atoms with Crippen LogP contribution in [0.25, 0.3) is 0 Å². The van der Waals surface area contributed by atoms with Crippen molar-refractivity contribution in [2.75, 3.05) is 6.54 Å². The predicted octanol–water partition coefficient (Wildman–Crippen LogP) is 0.396. The molecule has 1 atom stereocenters. The molecule has 0 bridgehead atoms. The third-order valence-electron chi connectivity index (χ3n) is 2.10. The van der Waals surface area contributed by atoms with E-state index < -0.39 is 0 Å². The fourth-order valence-electron chi connectivity index (χ4n) is 1.17. The molecule has 4 nitrogen and oxygen atoms in total. The summed E-state index contributed by atoms with van der Waals surface area (Å²) in [6, 6.07) is 3.83. The smallest absolute Gasteiger partial charge is 0.224 e. The molecule has 0 saturated heterocycles. The van der Waals surface area contributed by atoms with Gasteiger partial charge in [0, 0.05) is 24.5 Å². The highest BCUT2D eigenvalue weighted by atomic mass is 16.1. The molecule has 4 heteroatoms. The van der Waals surface area contributed by atoms with Crippen molar-refractivity contribution < 1.29 is 4.79 Å². The number of hydrogen-bond donors (Lipinski definition) is 2. The van der Waals surface area contributed by atoms with Crippen molar-refractivity contribution in [3.8, 4) is 0 Å². The van der Waals surface area contributed by atoms with E-state index >= 15 is 0 Å². The molecule has 0 aliphatic rings. The Bertz CT molecular complexity index is 321. The Morgan fingerprint density at radius 1 is 1.60 bits per heavy atom. The molecule has 1 heterocycles. The average Bonchev–Trinajstić information content (AvgIpc) is 2.21. The van der Waals surface area contributed by atoms with E-state index in [2.05, 4.69) is 10.3 Å². The van der Waals surface area contributed by atoms with Gasteiger partial charge in [-0.15, -0.1) is 0 Å². The van der Waals surface area contributed by atoms with E-state index in [0.29, 0.717) is 13.0 Å². The maximum atomic E-state index is 11.5. The van der Waals surface area contributed by atoms with Gasteiger partial charge in [-0.2, -0.15) is 0 Å². The van der Waals surface area contributed by atoms with Crippen molar-refractivity contribution in [3.05, 3.63) is 29.6 Å². The molecule has 1 amide bonds. The van der Waals surface area contributed by atoms with Crippen LogP contribution < -0.4 is 11.1 Å². The van der Waals surface area contributed by atoms with Crippen molar-refractivity contribution in [2.24, 2.45) is 5.73 Å². The molecule has 0 saturated carbocycles. The standard InChI is InChI=1S/C11H17N3O/c1-8-3-4-10(7-13-8)5-11(15)14-9(2)6-12/h3-4,7,9H,5-6,12H2,1-2H3,(H,14,15)/t9-/m0/s1. The molecule has 0 fully saturated rings. The Balaban J connectivity index is 2.48. The molecule has 0 aromatic carbocycles. The van der Waals surface area contributed by atoms with Gasteiger partial charge < -0.3 is 11.1 Å². The molecular formula is C11H17N3O. The normalized spacial score (nSPS) is 12.2. The summed E-state index contributed by atoms with van der Waals surface area (Å²) in [6.45, 7) is 4.25. The van der Waals surface area contributed by atoms with Crippen LogP contribution in [-0.4, -0.2) is 23.5 Å². The SMILES string of the molecule is Cc1ccc(CC(=O)N[C@@H](C)CN)cn1. The van der Waals surface area contributed by atoms with E-state index in [1.54, 1.807) is 6.20 Å². The van der Waals surface area contributed by atoms with Gasteiger partial charge in [-0.3, -0.25) is 9.78 Å². The summed E-state index contributed by atoms with van der Waals surface area (Å²) in [5.41, 5.74) is 7.28. The molecule has 15 heavy (non-hydrogen) atoms. The van der Waals surface area contributed by atoms with Crippen molar-refractivity contribution in [1.29, 1.82) is 0 Å². The van der Waals surface area contributed by atoms with Gasteiger partial charge in [0.25, 0.3) is 0 Å². The Morgan fingerprint density at radius 3 is 2.87 bits per heavy atom. The second-order valence-corrected chi connectivity index (χ2v) is 3.69. The quantitative estimate of drug-likeness (QED) is 0.750. The highest BCUT2D eigenvalue weighted by Crippen LogP contribution is 2.00. The summed E-state index contributed by atoms with van der Waals surface area (Å²) in [4.78, 5) is 15.6. The molecular weight excluding hydrogens is 190 g/mol. The fourth-order valence-corrected chi connectivity index (χ4v) is 1.17. The Kier molecular flexibility index (Phi) is 4.24. The summed E-state index contributed by atoms with van der Waals surface area (Å²) in [5.74, 6) is -0.0152. The maximum absolute atomic E-state index is 11.5. The van der Waals surface area contributed by atoms with Crippen molar-refractivity contribution in [1.82, 2.24) is 10.3 Å². The Morgan fingerprint density at radius 2 is 2.33 bits per heavy atom. The number of hydrogen-bond acceptors (Lipinski definition) is 3. The number of pyridine rings is 1. The van der Waals surface area contributed by atoms with E-state index in [4.69, 9.17) is 5.73 Å². The lowest BCUT2D eigenvalue weighted by Gasteiger charge is -2.10. The highest BCUT2D eigenvalue weighted by molar-refractivity contribution is 5.78. The van der Waals surface area contributed by atoms with Crippen LogP contribution in [0, 0.1) is 6.92 Å². The predicted molar refractivity (Wildman–Crippen MR) is 59.3 cm³/mol. The Hall–Kier alpha value is -1.42. The number of nitrogens with one attached hydrogen (secondary N) is 1. The lowest BCUT2D eigenvalue weighted by Crippen LogP contribution is -2.38. The zero-order valence-electron chi connectivity index (χ0n) is 9.16. The number of carbonyl (C=O) groups is 1. The van der Waals surface area contributed by atoms with Crippen LogP contribution in [0.15, 0.2) is 18.3 Å². The maximum Gasteiger partial charge on any atom is 0.224 e. The van der Waals surface area contributed by atoms with Crippen LogP contribution in [0.5, 0.6) is 0 Å². The monoisotopic (exact) mass is 207 g/mol. The molecule has 82 valence electrons. The average molecular weight is 207 g/mol. The summed E-state index contributed by atoms with van der Waals surface area (Å²) in [5, 5.41) is 2.80. The van der Waals surface area contributed by atoms with Crippen LogP contribution in [0.1, 0.15) is 18.2 Å². The van der Waals surface area contributed by atoms with Gasteiger partial charge in [0.15, 0.2) is 0 Å². The molecule has 3 N–H and O–H groups in total. The summed E-state index contributed by atoms with van der Waals surface area (Å²) in [6.07, 6.45) is 2.08. The van der Waals surface area contributed by atoms with E-state index in [1.165, 1.54) is 0 Å². The van der Waals surface area contributed by atoms with Gasteiger partial charge in [-0.1, -0.05) is 6.07 Å². The second kappa shape index (κ2) is 5.46. The van der Waals surface area contributed by atoms with Gasteiger partial charge in [0.1, 0.15) is 0 Å². The third-order valence-corrected chi connectivity index (χ3v) is 2.10. The fraction of sp³-hybridized carbons (Fsp3) is 0.455. The van der Waals surface area contributed by atoms with Crippen molar-refractivity contribution in [3.63, 3.8) is 0 Å². The van der Waals surface area contributed by atoms with E-state index in [-0.39, 0.29) is 11.9 Å². The number of amides is 1. The first-order valence-corrected chi connectivity index (χ1v) is 5.02. The molecule has 0 unspecified atom stereocenters. The first-order chi connectivity index (χ1) is 7.11. The summed E-state index contributed by atoms with van der Waals surface area (Å²) in [7, 11) is 0. The zero-order chi connectivity index (χ0) is 11.3. The first-order valence-electron chi connectivity index (χ1n) is 5.02. The minimum atomic E-state index is -0.0152. The summed E-state index contributed by atoms with van der Waals surface area (Å²) < 4.78 is 0. The minimum absolute atomic E-state index is 0.0152. The third kappa shape index (κ3) is 4.08. The van der Waals surface area contributed by atoms with Gasteiger partial charge in [-0.05, 0) is 25.5 Å². The molecule has 0 spiro atoms. The largest absolute Gasteiger partial charge is 0.352 e. The van der Waals surface area contributed by atoms with Crippen molar-refractivity contribution >= 4 is 5.91 Å². The van der Waals surface area contributed by atoms with Crippen LogP contribution in [0.3, 0.4) is 0 Å². The number of aromatic nitrogens is 1. The van der Waals surface area contributed by atoms with Gasteiger partial charge in [0.2, 0.25) is 5.91 Å². The van der Waals surface area contributed by atoms with Crippen LogP contribution >= 0.6 is 0 Å². The molecule has 1 aromatic heterocycles. The lowest BCUT2D eigenvalue weighted by atomic mass is 10.2. The van der Waals surface area contributed by atoms with E-state index in [1.807, 2.05) is 26.0 Å². The minimum Gasteiger partial charge on any atom is -0.352 e. The van der Waals surface area contributed by atoms with Gasteiger partial charge in [0.05, 0.1) is 6.42 Å². The Labute approximate surface area is 89.9 Å². The highest BCUT2D eigenvalue weighted by Gasteiger charge is 2.06. The van der Waals surface area contributed by atoms with Crippen molar-refractivity contribution in [2.45, 2.75) is 26.3 Å². The lowest BCUT2D eigenvalue weighted by molar-refractivity contribution is -0.120. The number of rotatable bonds is 4. The number of carbonyl (C=O) groups excluding carboxylic acids is 1. The van der Waals surface area contributed by atoms with Crippen LogP contribution in [0.4, 0.5) is 0 Å². The molecule has 0 aliphatic heterocycles. The van der Waals surface area contributed by atoms with E-state index in [9.17, 15) is 4.79 Å². The second-order valence-electron chi connectivity index (χ2n) is 3.69. The van der Waals surface area contributed by atoms with Crippen LogP contribution in [0.2, 0.25) is 0 Å². The topological polar surface area (TPSA) is 68.0 Å². The zero-order valence-corrected chi connectivity index (χ0v) is 9.16. The van der Waals surface area contributed by atoms with E-state index in [0.717, 1.165) is 11.3 Å². The first kappa shape index (κ1) is 11.7. The molecule has 0 aliphatic carbocycles. The van der Waals surface area contributed by atoms with Gasteiger partial charge >= 0.3 is 0 Å². The summed E-state index contributed by atoms with van der Waals surface area (Å²) >= 11 is 0. The van der Waals surface area contributed by atoms with Gasteiger partial charge in [-0.25, -0.2) is 0 Å². The van der Waals surface area contributed by atoms with Crippen LogP contribution in [-0.2, 0) is 11.2 Å². The molecule has 0 radical (unpaired) electrons. The number of nitrogens with zero attached hydrogens (tertiary/aromatic N) is 1.